The lowest BCUT2D eigenvalue weighted by atomic mass is 9.97. The number of aliphatic hydroxyl groups is 8. The summed E-state index contributed by atoms with van der Waals surface area (Å²) in [6, 6.07) is -0.839. The first-order valence-electron chi connectivity index (χ1n) is 41.6. The van der Waals surface area contributed by atoms with Crippen LogP contribution in [-0.4, -0.2) is 140 Å². The second-order valence-corrected chi connectivity index (χ2v) is 28.9. The third-order valence-electron chi connectivity index (χ3n) is 19.8. The molecule has 2 fully saturated rings. The summed E-state index contributed by atoms with van der Waals surface area (Å²) in [5.74, 6) is -0.209. The number of nitrogens with one attached hydrogen (secondary N) is 1. The van der Waals surface area contributed by atoms with Crippen molar-refractivity contribution in [2.24, 2.45) is 0 Å². The molecule has 2 aliphatic heterocycles. The Kier molecular flexibility index (Phi) is 64.7. The van der Waals surface area contributed by atoms with Gasteiger partial charge in [0.1, 0.15) is 48.8 Å². The van der Waals surface area contributed by atoms with Gasteiger partial charge in [-0.2, -0.15) is 0 Å². The summed E-state index contributed by atoms with van der Waals surface area (Å²) >= 11 is 0. The topological polar surface area (TPSA) is 228 Å². The van der Waals surface area contributed by atoms with Gasteiger partial charge in [-0.3, -0.25) is 4.79 Å². The van der Waals surface area contributed by atoms with Crippen molar-refractivity contribution >= 4 is 5.91 Å². The van der Waals surface area contributed by atoms with E-state index in [-0.39, 0.29) is 12.5 Å². The molecule has 2 saturated heterocycles. The van der Waals surface area contributed by atoms with Gasteiger partial charge in [0.05, 0.1) is 32.0 Å². The van der Waals surface area contributed by atoms with Crippen molar-refractivity contribution in [3.63, 3.8) is 0 Å². The highest BCUT2D eigenvalue weighted by atomic mass is 16.7. The summed E-state index contributed by atoms with van der Waals surface area (Å²) in [5.41, 5.74) is 0. The third-order valence-corrected chi connectivity index (χ3v) is 19.8. The molecule has 14 heteroatoms. The first-order valence-corrected chi connectivity index (χ1v) is 41.6. The van der Waals surface area contributed by atoms with E-state index in [1.54, 1.807) is 0 Å². The predicted molar refractivity (Wildman–Crippen MR) is 419 cm³/mol. The molecule has 584 valence electrons. The first kappa shape index (κ1) is 93.7. The van der Waals surface area contributed by atoms with E-state index in [0.29, 0.717) is 19.3 Å². The number of hydrogen-bond acceptors (Lipinski definition) is 13. The molecule has 0 aromatic carbocycles. The van der Waals surface area contributed by atoms with Crippen LogP contribution in [0.4, 0.5) is 0 Å². The van der Waals surface area contributed by atoms with E-state index in [9.17, 15) is 45.6 Å². The van der Waals surface area contributed by atoms with Gasteiger partial charge in [-0.15, -0.1) is 0 Å². The largest absolute Gasteiger partial charge is 0.394 e. The lowest BCUT2D eigenvalue weighted by molar-refractivity contribution is -0.359. The molecule has 0 aromatic heterocycles. The van der Waals surface area contributed by atoms with Crippen molar-refractivity contribution in [2.45, 2.75) is 415 Å². The molecule has 12 unspecified atom stereocenters. The summed E-state index contributed by atoms with van der Waals surface area (Å²) in [7, 11) is 0. The Bertz CT molecular complexity index is 2120. The Labute approximate surface area is 616 Å². The minimum Gasteiger partial charge on any atom is -0.394 e. The van der Waals surface area contributed by atoms with Gasteiger partial charge in [0.15, 0.2) is 12.6 Å². The van der Waals surface area contributed by atoms with Gasteiger partial charge >= 0.3 is 0 Å². The van der Waals surface area contributed by atoms with Crippen LogP contribution in [0.1, 0.15) is 341 Å². The summed E-state index contributed by atoms with van der Waals surface area (Å²) in [4.78, 5) is 13.4. The maximum atomic E-state index is 13.4. The minimum atomic E-state index is -1.79. The zero-order valence-electron chi connectivity index (χ0n) is 64.1. The van der Waals surface area contributed by atoms with Crippen molar-refractivity contribution in [3.05, 3.63) is 109 Å². The number of ether oxygens (including phenoxy) is 4. The molecule has 14 nitrogen and oxygen atoms in total. The van der Waals surface area contributed by atoms with Crippen LogP contribution in [0, 0.1) is 0 Å². The Balaban J connectivity index is 1.60. The Morgan fingerprint density at radius 1 is 0.366 bits per heavy atom. The number of amides is 1. The monoisotopic (exact) mass is 1420 g/mol. The van der Waals surface area contributed by atoms with E-state index in [0.717, 1.165) is 109 Å². The standard InChI is InChI=1S/C87H153NO13/c1-3-5-7-9-11-13-15-17-19-21-23-25-27-29-31-33-34-35-36-37-38-39-40-41-42-43-45-47-49-51-53-55-57-59-61-63-65-67-69-71-79(92)88-75(74-98-86-84(97)82(95)85(78(73-90)100-86)101-87-83(96)81(94)80(93)77(72-89)99-87)76(91)70-68-66-64-62-60-58-56-54-52-50-48-46-44-32-30-28-26-24-22-20-18-16-14-12-10-8-6-4-2/h5,7,11,13,17,19,23,25,29,31,34-35,37-38,40-41,43,45,75-78,80-87,89-91,93-97H,3-4,6,8-10,12,14-16,18,20-22,24,26-28,30,32-33,36,39,42,44,46-74H2,1-2H3,(H,88,92)/b7-5-,13-11-,19-17-,25-23-,31-29-,35-34-,38-37-,41-40-,45-43-. The molecule has 0 aromatic rings. The van der Waals surface area contributed by atoms with Gasteiger partial charge in [0.2, 0.25) is 5.91 Å². The number of carbonyl (C=O) groups is 1. The number of rotatable bonds is 69. The average molecular weight is 1420 g/mol. The van der Waals surface area contributed by atoms with Gasteiger partial charge in [-0.25, -0.2) is 0 Å². The SMILES string of the molecule is CC/C=C\C/C=C\C/C=C\C/C=C\C/C=C\C/C=C\C/C=C\C/C=C\C/C=C\CCCCCCCCCCCCCC(=O)NC(COC1OC(CO)C(OC2OC(CO)C(O)C(O)C2O)C(O)C1O)C(O)CCCCCCCCCCCCCCCCCCCCCCCCCCCCCC. The second-order valence-electron chi connectivity index (χ2n) is 28.9. The molecule has 101 heavy (non-hydrogen) atoms. The van der Waals surface area contributed by atoms with Gasteiger partial charge < -0.3 is 65.1 Å². The van der Waals surface area contributed by atoms with Gasteiger partial charge in [0.25, 0.3) is 0 Å². The van der Waals surface area contributed by atoms with Crippen LogP contribution in [-0.2, 0) is 23.7 Å². The van der Waals surface area contributed by atoms with Crippen LogP contribution in [0.2, 0.25) is 0 Å². The van der Waals surface area contributed by atoms with Crippen LogP contribution in [0.15, 0.2) is 109 Å². The number of aliphatic hydroxyl groups excluding tert-OH is 8. The predicted octanol–water partition coefficient (Wildman–Crippen LogP) is 19.4. The minimum absolute atomic E-state index is 0.209. The molecule has 0 saturated carbocycles. The molecule has 0 aliphatic carbocycles. The van der Waals surface area contributed by atoms with E-state index >= 15 is 0 Å². The smallest absolute Gasteiger partial charge is 0.220 e. The van der Waals surface area contributed by atoms with Crippen LogP contribution >= 0.6 is 0 Å². The van der Waals surface area contributed by atoms with E-state index in [2.05, 4.69) is 129 Å². The molecule has 2 rings (SSSR count). The van der Waals surface area contributed by atoms with Crippen molar-refractivity contribution < 1.29 is 64.6 Å². The lowest BCUT2D eigenvalue weighted by Gasteiger charge is -2.46. The highest BCUT2D eigenvalue weighted by Gasteiger charge is 2.51. The Hall–Kier alpha value is -3.35. The van der Waals surface area contributed by atoms with Crippen LogP contribution in [0.5, 0.6) is 0 Å². The summed E-state index contributed by atoms with van der Waals surface area (Å²) < 4.78 is 23.0. The molecule has 12 atom stereocenters. The Morgan fingerprint density at radius 2 is 0.683 bits per heavy atom. The molecule has 0 spiro atoms. The molecule has 1 amide bonds. The van der Waals surface area contributed by atoms with Crippen molar-refractivity contribution in [1.82, 2.24) is 5.32 Å². The zero-order valence-corrected chi connectivity index (χ0v) is 64.1. The molecular formula is C87H153NO13. The first-order chi connectivity index (χ1) is 49.6. The molecule has 9 N–H and O–H groups in total. The van der Waals surface area contributed by atoms with E-state index in [4.69, 9.17) is 18.9 Å². The Morgan fingerprint density at radius 3 is 1.05 bits per heavy atom. The zero-order chi connectivity index (χ0) is 73.0. The molecule has 0 bridgehead atoms. The fourth-order valence-electron chi connectivity index (χ4n) is 13.2. The van der Waals surface area contributed by atoms with Gasteiger partial charge in [-0.1, -0.05) is 361 Å². The maximum Gasteiger partial charge on any atom is 0.220 e. The summed E-state index contributed by atoms with van der Waals surface area (Å²) in [6.07, 6.45) is 84.1. The highest BCUT2D eigenvalue weighted by Crippen LogP contribution is 2.30. The lowest BCUT2D eigenvalue weighted by Crippen LogP contribution is -2.65. The van der Waals surface area contributed by atoms with E-state index < -0.39 is 86.8 Å². The number of allylic oxidation sites excluding steroid dienone is 18. The summed E-state index contributed by atoms with van der Waals surface area (Å²) in [6.45, 7) is 2.79. The second kappa shape index (κ2) is 69.7. The van der Waals surface area contributed by atoms with Crippen LogP contribution in [0.25, 0.3) is 0 Å². The van der Waals surface area contributed by atoms with Gasteiger partial charge in [-0.05, 0) is 83.5 Å². The van der Waals surface area contributed by atoms with Gasteiger partial charge in [0, 0.05) is 6.42 Å². The number of carbonyl (C=O) groups excluding carboxylic acids is 1. The molecular weight excluding hydrogens is 1270 g/mol. The molecule has 2 heterocycles. The highest BCUT2D eigenvalue weighted by molar-refractivity contribution is 5.76. The molecule has 0 radical (unpaired) electrons. The average Bonchev–Trinajstić information content (AvgIpc) is 0.790. The van der Waals surface area contributed by atoms with Crippen molar-refractivity contribution in [3.8, 4) is 0 Å². The maximum absolute atomic E-state index is 13.4. The van der Waals surface area contributed by atoms with Crippen LogP contribution in [0.3, 0.4) is 0 Å². The number of hydrogen-bond donors (Lipinski definition) is 9. The number of unbranched alkanes of at least 4 members (excludes halogenated alkanes) is 38. The van der Waals surface area contributed by atoms with E-state index in [1.807, 2.05) is 0 Å². The molecule has 2 aliphatic rings. The van der Waals surface area contributed by atoms with Crippen molar-refractivity contribution in [2.75, 3.05) is 19.8 Å². The van der Waals surface area contributed by atoms with Crippen LogP contribution < -0.4 is 5.32 Å². The third kappa shape index (κ3) is 52.3. The summed E-state index contributed by atoms with van der Waals surface area (Å²) in [5, 5.41) is 87.9. The fraction of sp³-hybridized carbons (Fsp3) is 0.782. The fourth-order valence-corrected chi connectivity index (χ4v) is 13.2. The normalized spacial score (nSPS) is 22.3. The van der Waals surface area contributed by atoms with E-state index in [1.165, 1.54) is 199 Å². The quantitative estimate of drug-likeness (QED) is 0.0204. The van der Waals surface area contributed by atoms with Crippen molar-refractivity contribution in [1.29, 1.82) is 0 Å².